The average molecular weight is 509 g/mol. The SMILES string of the molecule is CCCN(C(=O)OC(C)(C)C)c1c(C(=O)OC(C)C)ncc(Cc2ccc(F)cc2)c1Br. The van der Waals surface area contributed by atoms with Gasteiger partial charge in [-0.3, -0.25) is 4.90 Å². The largest absolute Gasteiger partial charge is 0.458 e. The molecule has 0 radical (unpaired) electrons. The summed E-state index contributed by atoms with van der Waals surface area (Å²) in [4.78, 5) is 31.7. The van der Waals surface area contributed by atoms with Gasteiger partial charge in [0.15, 0.2) is 5.69 Å². The fourth-order valence-electron chi connectivity index (χ4n) is 2.96. The van der Waals surface area contributed by atoms with Crippen molar-refractivity contribution in [2.45, 2.75) is 66.1 Å². The Labute approximate surface area is 197 Å². The van der Waals surface area contributed by atoms with Crippen molar-refractivity contribution in [2.24, 2.45) is 0 Å². The normalized spacial score (nSPS) is 11.4. The minimum absolute atomic E-state index is 0.0211. The van der Waals surface area contributed by atoms with Gasteiger partial charge in [-0.2, -0.15) is 0 Å². The quantitative estimate of drug-likeness (QED) is 0.411. The van der Waals surface area contributed by atoms with Crippen molar-refractivity contribution in [3.8, 4) is 0 Å². The number of anilines is 1. The Morgan fingerprint density at radius 2 is 1.81 bits per heavy atom. The number of hydrogen-bond acceptors (Lipinski definition) is 5. The van der Waals surface area contributed by atoms with E-state index in [4.69, 9.17) is 9.47 Å². The van der Waals surface area contributed by atoms with Gasteiger partial charge >= 0.3 is 12.1 Å². The van der Waals surface area contributed by atoms with Gasteiger partial charge in [0.05, 0.1) is 11.8 Å². The highest BCUT2D eigenvalue weighted by Crippen LogP contribution is 2.35. The topological polar surface area (TPSA) is 68.7 Å². The van der Waals surface area contributed by atoms with Gasteiger partial charge in [-0.25, -0.2) is 19.0 Å². The smallest absolute Gasteiger partial charge is 0.414 e. The first-order chi connectivity index (χ1) is 14.9. The summed E-state index contributed by atoms with van der Waals surface area (Å²) in [6.45, 7) is 11.1. The highest BCUT2D eigenvalue weighted by molar-refractivity contribution is 9.10. The van der Waals surface area contributed by atoms with Crippen LogP contribution in [0.2, 0.25) is 0 Å². The van der Waals surface area contributed by atoms with Crippen LogP contribution in [0.1, 0.15) is 69.6 Å². The third kappa shape index (κ3) is 7.02. The van der Waals surface area contributed by atoms with Gasteiger partial charge in [0.1, 0.15) is 11.4 Å². The second kappa shape index (κ2) is 10.9. The minimum atomic E-state index is -0.715. The molecule has 1 aromatic carbocycles. The van der Waals surface area contributed by atoms with Crippen LogP contribution in [0.4, 0.5) is 14.9 Å². The van der Waals surface area contributed by atoms with Crippen molar-refractivity contribution in [3.05, 3.63) is 57.6 Å². The van der Waals surface area contributed by atoms with Crippen LogP contribution >= 0.6 is 15.9 Å². The molecule has 0 fully saturated rings. The summed E-state index contributed by atoms with van der Waals surface area (Å²) in [6, 6.07) is 6.13. The first-order valence-electron chi connectivity index (χ1n) is 10.6. The standard InChI is InChI=1S/C24H30BrFN2O4/c1-7-12-28(23(30)32-24(4,5)6)21-19(25)17(13-16-8-10-18(26)11-9-16)14-27-20(21)22(29)31-15(2)3/h8-11,14-15H,7,12-13H2,1-6H3. The fourth-order valence-corrected chi connectivity index (χ4v) is 3.61. The van der Waals surface area contributed by atoms with Gasteiger partial charge in [-0.05, 0) is 80.2 Å². The lowest BCUT2D eigenvalue weighted by Gasteiger charge is -2.29. The van der Waals surface area contributed by atoms with E-state index in [1.54, 1.807) is 52.9 Å². The molecule has 1 amide bonds. The zero-order valence-corrected chi connectivity index (χ0v) is 21.0. The first-order valence-corrected chi connectivity index (χ1v) is 11.4. The molecular formula is C24H30BrFN2O4. The second-order valence-electron chi connectivity index (χ2n) is 8.68. The molecule has 0 N–H and O–H groups in total. The molecule has 6 nitrogen and oxygen atoms in total. The number of pyridine rings is 1. The number of carbonyl (C=O) groups is 2. The van der Waals surface area contributed by atoms with Gasteiger partial charge in [0.25, 0.3) is 0 Å². The van der Waals surface area contributed by atoms with Crippen LogP contribution in [0.5, 0.6) is 0 Å². The van der Waals surface area contributed by atoms with Crippen molar-refractivity contribution in [1.29, 1.82) is 0 Å². The molecule has 0 saturated carbocycles. The number of benzene rings is 1. The summed E-state index contributed by atoms with van der Waals surface area (Å²) in [5.41, 5.74) is 1.20. The number of nitrogens with zero attached hydrogens (tertiary/aromatic N) is 2. The molecule has 0 aliphatic rings. The third-order valence-corrected chi connectivity index (χ3v) is 5.12. The maximum atomic E-state index is 13.3. The van der Waals surface area contributed by atoms with Crippen molar-refractivity contribution in [1.82, 2.24) is 4.98 Å². The molecule has 0 bridgehead atoms. The summed E-state index contributed by atoms with van der Waals surface area (Å²) in [5, 5.41) is 0. The third-order valence-electron chi connectivity index (χ3n) is 4.24. The molecule has 2 rings (SSSR count). The zero-order valence-electron chi connectivity index (χ0n) is 19.4. The van der Waals surface area contributed by atoms with E-state index in [2.05, 4.69) is 20.9 Å². The Kier molecular flexibility index (Phi) is 8.78. The van der Waals surface area contributed by atoms with Crippen molar-refractivity contribution < 1.29 is 23.5 Å². The lowest BCUT2D eigenvalue weighted by Crippen LogP contribution is -2.39. The maximum Gasteiger partial charge on any atom is 0.414 e. The van der Waals surface area contributed by atoms with Crippen molar-refractivity contribution in [2.75, 3.05) is 11.4 Å². The van der Waals surface area contributed by atoms with Gasteiger partial charge in [0.2, 0.25) is 0 Å². The summed E-state index contributed by atoms with van der Waals surface area (Å²) in [6.07, 6.45) is 1.68. The molecule has 2 aromatic rings. The molecule has 0 aliphatic heterocycles. The summed E-state index contributed by atoms with van der Waals surface area (Å²) >= 11 is 3.59. The van der Waals surface area contributed by atoms with E-state index in [-0.39, 0.29) is 17.6 Å². The van der Waals surface area contributed by atoms with E-state index in [1.807, 2.05) is 6.92 Å². The monoisotopic (exact) mass is 508 g/mol. The van der Waals surface area contributed by atoms with Gasteiger partial charge in [0, 0.05) is 23.6 Å². The number of carbonyl (C=O) groups excluding carboxylic acids is 2. The summed E-state index contributed by atoms with van der Waals surface area (Å²) in [7, 11) is 0. The van der Waals surface area contributed by atoms with Crippen molar-refractivity contribution >= 4 is 33.7 Å². The van der Waals surface area contributed by atoms with E-state index in [9.17, 15) is 14.0 Å². The van der Waals surface area contributed by atoms with E-state index < -0.39 is 17.7 Å². The van der Waals surface area contributed by atoms with E-state index in [0.717, 1.165) is 11.1 Å². The fraction of sp³-hybridized carbons (Fsp3) is 0.458. The number of halogens is 2. The number of ether oxygens (including phenoxy) is 2. The number of aromatic nitrogens is 1. The Balaban J connectivity index is 2.60. The van der Waals surface area contributed by atoms with E-state index in [0.29, 0.717) is 29.5 Å². The molecule has 1 aromatic heterocycles. The summed E-state index contributed by atoms with van der Waals surface area (Å²) in [5.74, 6) is -0.953. The van der Waals surface area contributed by atoms with Crippen LogP contribution in [0.3, 0.4) is 0 Å². The number of hydrogen-bond donors (Lipinski definition) is 0. The molecule has 0 saturated heterocycles. The summed E-state index contributed by atoms with van der Waals surface area (Å²) < 4.78 is 24.8. The van der Waals surface area contributed by atoms with Crippen LogP contribution < -0.4 is 4.90 Å². The zero-order chi connectivity index (χ0) is 24.1. The number of amides is 1. The highest BCUT2D eigenvalue weighted by Gasteiger charge is 2.31. The number of esters is 1. The van der Waals surface area contributed by atoms with Crippen LogP contribution in [0.25, 0.3) is 0 Å². The molecule has 0 aliphatic carbocycles. The van der Waals surface area contributed by atoms with E-state index in [1.165, 1.54) is 17.0 Å². The molecule has 0 atom stereocenters. The molecule has 1 heterocycles. The molecule has 0 unspecified atom stereocenters. The Morgan fingerprint density at radius 1 is 1.19 bits per heavy atom. The molecular weight excluding hydrogens is 479 g/mol. The molecule has 32 heavy (non-hydrogen) atoms. The van der Waals surface area contributed by atoms with Crippen LogP contribution in [-0.4, -0.2) is 35.3 Å². The van der Waals surface area contributed by atoms with Crippen LogP contribution in [0.15, 0.2) is 34.9 Å². The lowest BCUT2D eigenvalue weighted by atomic mass is 10.0. The lowest BCUT2D eigenvalue weighted by molar-refractivity contribution is 0.0371. The predicted molar refractivity (Wildman–Crippen MR) is 126 cm³/mol. The average Bonchev–Trinajstić information content (AvgIpc) is 2.67. The maximum absolute atomic E-state index is 13.3. The molecule has 174 valence electrons. The van der Waals surface area contributed by atoms with Gasteiger partial charge in [-0.1, -0.05) is 19.1 Å². The minimum Gasteiger partial charge on any atom is -0.458 e. The Hall–Kier alpha value is -2.48. The van der Waals surface area contributed by atoms with E-state index >= 15 is 0 Å². The Morgan fingerprint density at radius 3 is 2.34 bits per heavy atom. The second-order valence-corrected chi connectivity index (χ2v) is 9.48. The highest BCUT2D eigenvalue weighted by atomic mass is 79.9. The Bertz CT molecular complexity index is 956. The van der Waals surface area contributed by atoms with Crippen LogP contribution in [-0.2, 0) is 15.9 Å². The van der Waals surface area contributed by atoms with Crippen LogP contribution in [0, 0.1) is 5.82 Å². The van der Waals surface area contributed by atoms with Gasteiger partial charge in [-0.15, -0.1) is 0 Å². The van der Waals surface area contributed by atoms with Crippen molar-refractivity contribution in [3.63, 3.8) is 0 Å². The molecule has 8 heteroatoms. The number of rotatable bonds is 7. The van der Waals surface area contributed by atoms with Gasteiger partial charge < -0.3 is 9.47 Å². The molecule has 0 spiro atoms. The first kappa shape index (κ1) is 25.8. The predicted octanol–water partition coefficient (Wildman–Crippen LogP) is 6.29.